The molecule has 0 saturated carbocycles. The van der Waals surface area contributed by atoms with E-state index in [2.05, 4.69) is 4.18 Å². The van der Waals surface area contributed by atoms with E-state index in [9.17, 15) is 17.4 Å². The van der Waals surface area contributed by atoms with Crippen molar-refractivity contribution in [2.75, 3.05) is 0 Å². The molecule has 0 saturated heterocycles. The van der Waals surface area contributed by atoms with Crippen molar-refractivity contribution in [2.24, 2.45) is 0 Å². The molecule has 0 aliphatic rings. The van der Waals surface area contributed by atoms with Gasteiger partial charge in [-0.05, 0) is 5.56 Å². The van der Waals surface area contributed by atoms with E-state index >= 15 is 0 Å². The van der Waals surface area contributed by atoms with E-state index < -0.39 is 23.6 Å². The molecule has 0 bridgehead atoms. The second kappa shape index (κ2) is 4.73. The highest BCUT2D eigenvalue weighted by Gasteiger charge is 2.43. The molecule has 0 aliphatic heterocycles. The summed E-state index contributed by atoms with van der Waals surface area (Å²) in [6.07, 6.45) is -7.11. The molecule has 15 heavy (non-hydrogen) atoms. The summed E-state index contributed by atoms with van der Waals surface area (Å²) in [6.45, 7) is 0. The third-order valence-corrected chi connectivity index (χ3v) is 1.94. The molecule has 0 aromatic heterocycles. The van der Waals surface area contributed by atoms with Gasteiger partial charge in [0.25, 0.3) is 0 Å². The van der Waals surface area contributed by atoms with E-state index in [-0.39, 0.29) is 5.56 Å². The first-order chi connectivity index (χ1) is 6.91. The fraction of sp³-hybridized carbons (Fsp3) is 0.250. The Balaban J connectivity index is 2.97. The first-order valence-electron chi connectivity index (χ1n) is 3.81. The largest absolute Gasteiger partial charge is 0.420 e. The van der Waals surface area contributed by atoms with Gasteiger partial charge in [0.05, 0.1) is 0 Å². The third kappa shape index (κ3) is 3.61. The standard InChI is InChI=1S/C8H7F3O3S/c9-8(10,11)7(14-15(12)13)6-4-2-1-3-5-6/h1-5,7H,(H,12,13). The molecule has 1 rings (SSSR count). The van der Waals surface area contributed by atoms with Gasteiger partial charge in [0.2, 0.25) is 0 Å². The van der Waals surface area contributed by atoms with Crippen molar-refractivity contribution in [3.05, 3.63) is 35.9 Å². The van der Waals surface area contributed by atoms with Gasteiger partial charge >= 0.3 is 17.5 Å². The Kier molecular flexibility index (Phi) is 3.83. The average Bonchev–Trinajstić information content (AvgIpc) is 2.14. The molecule has 1 aromatic rings. The second-order valence-electron chi connectivity index (χ2n) is 2.65. The van der Waals surface area contributed by atoms with Crippen molar-refractivity contribution in [3.8, 4) is 0 Å². The lowest BCUT2D eigenvalue weighted by atomic mass is 10.1. The van der Waals surface area contributed by atoms with Crippen molar-refractivity contribution in [3.63, 3.8) is 0 Å². The van der Waals surface area contributed by atoms with Gasteiger partial charge in [0.15, 0.2) is 6.10 Å². The Labute approximate surface area is 86.4 Å². The molecule has 7 heteroatoms. The zero-order valence-electron chi connectivity index (χ0n) is 7.27. The van der Waals surface area contributed by atoms with Crippen LogP contribution in [0, 0.1) is 0 Å². The zero-order valence-corrected chi connectivity index (χ0v) is 8.09. The lowest BCUT2D eigenvalue weighted by Crippen LogP contribution is -2.24. The highest BCUT2D eigenvalue weighted by molar-refractivity contribution is 7.74. The normalized spacial score (nSPS) is 16.0. The summed E-state index contributed by atoms with van der Waals surface area (Å²) in [5.41, 5.74) is -0.215. The summed E-state index contributed by atoms with van der Waals surface area (Å²) in [6, 6.07) is 6.65. The fourth-order valence-corrected chi connectivity index (χ4v) is 1.39. The van der Waals surface area contributed by atoms with E-state index in [0.717, 1.165) is 0 Å². The molecule has 1 aromatic carbocycles. The predicted octanol–water partition coefficient (Wildman–Crippen LogP) is 2.44. The fourth-order valence-electron chi connectivity index (χ4n) is 1.01. The Bertz CT molecular complexity index is 339. The lowest BCUT2D eigenvalue weighted by molar-refractivity contribution is -0.197. The lowest BCUT2D eigenvalue weighted by Gasteiger charge is -2.18. The molecule has 1 N–H and O–H groups in total. The maximum absolute atomic E-state index is 12.4. The SMILES string of the molecule is O=S(O)OC(c1ccccc1)C(F)(F)F. The highest BCUT2D eigenvalue weighted by atomic mass is 32.2. The minimum absolute atomic E-state index is 0.215. The number of hydrogen-bond acceptors (Lipinski definition) is 2. The topological polar surface area (TPSA) is 46.5 Å². The number of rotatable bonds is 3. The minimum atomic E-state index is -4.72. The van der Waals surface area contributed by atoms with Crippen LogP contribution in [0.15, 0.2) is 30.3 Å². The maximum Gasteiger partial charge on any atom is 0.420 e. The number of alkyl halides is 3. The zero-order chi connectivity index (χ0) is 11.5. The van der Waals surface area contributed by atoms with E-state index in [0.29, 0.717) is 0 Å². The summed E-state index contributed by atoms with van der Waals surface area (Å²) in [4.78, 5) is 0. The van der Waals surface area contributed by atoms with Crippen LogP contribution in [0.2, 0.25) is 0 Å². The summed E-state index contributed by atoms with van der Waals surface area (Å²) >= 11 is -2.96. The molecular weight excluding hydrogens is 233 g/mol. The molecule has 0 aliphatic carbocycles. The Morgan fingerprint density at radius 1 is 1.27 bits per heavy atom. The van der Waals surface area contributed by atoms with Gasteiger partial charge in [0.1, 0.15) is 0 Å². The van der Waals surface area contributed by atoms with Gasteiger partial charge in [-0.3, -0.25) is 8.74 Å². The van der Waals surface area contributed by atoms with Crippen LogP contribution in [-0.4, -0.2) is 14.9 Å². The first kappa shape index (κ1) is 12.2. The van der Waals surface area contributed by atoms with Crippen LogP contribution in [0.25, 0.3) is 0 Å². The smallest absolute Gasteiger partial charge is 0.284 e. The minimum Gasteiger partial charge on any atom is -0.284 e. The predicted molar refractivity (Wildman–Crippen MR) is 47.1 cm³/mol. The number of benzene rings is 1. The van der Waals surface area contributed by atoms with Crippen molar-refractivity contribution < 1.29 is 26.1 Å². The number of halogens is 3. The van der Waals surface area contributed by atoms with Crippen molar-refractivity contribution in [1.29, 1.82) is 0 Å². The van der Waals surface area contributed by atoms with Gasteiger partial charge in [0, 0.05) is 0 Å². The quantitative estimate of drug-likeness (QED) is 0.825. The maximum atomic E-state index is 12.4. The Morgan fingerprint density at radius 3 is 2.20 bits per heavy atom. The van der Waals surface area contributed by atoms with E-state index in [1.807, 2.05) is 0 Å². The van der Waals surface area contributed by atoms with Crippen LogP contribution in [0.4, 0.5) is 13.2 Å². The van der Waals surface area contributed by atoms with Gasteiger partial charge in [-0.15, -0.1) is 0 Å². The highest BCUT2D eigenvalue weighted by Crippen LogP contribution is 2.35. The van der Waals surface area contributed by atoms with Crippen molar-refractivity contribution in [1.82, 2.24) is 0 Å². The Morgan fingerprint density at radius 2 is 1.80 bits per heavy atom. The third-order valence-electron chi connectivity index (χ3n) is 1.58. The molecule has 0 amide bonds. The van der Waals surface area contributed by atoms with Crippen molar-refractivity contribution in [2.45, 2.75) is 12.3 Å². The summed E-state index contributed by atoms with van der Waals surface area (Å²) in [5, 5.41) is 0. The average molecular weight is 240 g/mol. The first-order valence-corrected chi connectivity index (χ1v) is 4.84. The monoisotopic (exact) mass is 240 g/mol. The van der Waals surface area contributed by atoms with E-state index in [1.165, 1.54) is 30.3 Å². The van der Waals surface area contributed by atoms with Crippen molar-refractivity contribution >= 4 is 11.4 Å². The summed E-state index contributed by atoms with van der Waals surface area (Å²) < 4.78 is 59.6. The molecule has 0 heterocycles. The van der Waals surface area contributed by atoms with Crippen LogP contribution < -0.4 is 0 Å². The van der Waals surface area contributed by atoms with Crippen LogP contribution in [-0.2, 0) is 15.5 Å². The molecule has 84 valence electrons. The van der Waals surface area contributed by atoms with Gasteiger partial charge in [-0.25, -0.2) is 0 Å². The van der Waals surface area contributed by atoms with Gasteiger partial charge < -0.3 is 0 Å². The molecule has 0 spiro atoms. The van der Waals surface area contributed by atoms with Crippen LogP contribution in [0.3, 0.4) is 0 Å². The molecule has 2 unspecified atom stereocenters. The molecule has 2 atom stereocenters. The van der Waals surface area contributed by atoms with E-state index in [1.54, 1.807) is 0 Å². The number of hydrogen-bond donors (Lipinski definition) is 1. The molecular formula is C8H7F3O3S. The summed E-state index contributed by atoms with van der Waals surface area (Å²) in [5.74, 6) is 0. The summed E-state index contributed by atoms with van der Waals surface area (Å²) in [7, 11) is 0. The van der Waals surface area contributed by atoms with Crippen LogP contribution in [0.5, 0.6) is 0 Å². The molecule has 3 nitrogen and oxygen atoms in total. The molecule has 0 fully saturated rings. The van der Waals surface area contributed by atoms with Gasteiger partial charge in [-0.2, -0.15) is 17.4 Å². The molecule has 0 radical (unpaired) electrons. The Hall–Kier alpha value is -0.920. The van der Waals surface area contributed by atoms with Crippen LogP contribution >= 0.6 is 0 Å². The second-order valence-corrected chi connectivity index (χ2v) is 3.27. The van der Waals surface area contributed by atoms with E-state index in [4.69, 9.17) is 4.55 Å². The van der Waals surface area contributed by atoms with Crippen LogP contribution in [0.1, 0.15) is 11.7 Å². The van der Waals surface area contributed by atoms with Gasteiger partial charge in [-0.1, -0.05) is 30.3 Å².